The summed E-state index contributed by atoms with van der Waals surface area (Å²) in [7, 11) is 2.03. The summed E-state index contributed by atoms with van der Waals surface area (Å²) in [6, 6.07) is 10.2. The number of para-hydroxylation sites is 1. The van der Waals surface area contributed by atoms with Gasteiger partial charge in [-0.2, -0.15) is 0 Å². The number of hydrogen-bond acceptors (Lipinski definition) is 4. The Bertz CT molecular complexity index is 439. The first kappa shape index (κ1) is 11.1. The molecule has 0 aliphatic rings. The molecular weight excluding hydrogens is 218 g/mol. The van der Waals surface area contributed by atoms with E-state index in [1.165, 1.54) is 0 Å². The summed E-state index contributed by atoms with van der Waals surface area (Å²) in [6.07, 6.45) is 0.846. The van der Waals surface area contributed by atoms with Gasteiger partial charge in [0.1, 0.15) is 0 Å². The monoisotopic (exact) mass is 233 g/mol. The van der Waals surface area contributed by atoms with Gasteiger partial charge in [0, 0.05) is 24.5 Å². The second-order valence-electron chi connectivity index (χ2n) is 3.55. The first-order valence-corrected chi connectivity index (χ1v) is 6.12. The Balaban J connectivity index is 2.17. The lowest BCUT2D eigenvalue weighted by molar-refractivity contribution is 0.931. The molecule has 0 atom stereocenters. The van der Waals surface area contributed by atoms with Gasteiger partial charge in [0.15, 0.2) is 5.13 Å². The second kappa shape index (κ2) is 5.09. The highest BCUT2D eigenvalue weighted by Gasteiger charge is 2.07. The van der Waals surface area contributed by atoms with Gasteiger partial charge in [-0.25, -0.2) is 4.98 Å². The van der Waals surface area contributed by atoms with E-state index in [2.05, 4.69) is 27.4 Å². The molecule has 0 unspecified atom stereocenters. The Kier molecular flexibility index (Phi) is 3.54. The van der Waals surface area contributed by atoms with E-state index < -0.39 is 0 Å². The van der Waals surface area contributed by atoms with E-state index in [0.29, 0.717) is 6.54 Å². The summed E-state index contributed by atoms with van der Waals surface area (Å²) in [5.41, 5.74) is 7.73. The molecule has 0 saturated carbocycles. The predicted molar refractivity (Wildman–Crippen MR) is 69.4 cm³/mol. The van der Waals surface area contributed by atoms with Crippen molar-refractivity contribution >= 4 is 22.2 Å². The van der Waals surface area contributed by atoms with Crippen LogP contribution in [0.15, 0.2) is 35.7 Å². The van der Waals surface area contributed by atoms with E-state index in [-0.39, 0.29) is 0 Å². The first-order valence-electron chi connectivity index (χ1n) is 5.24. The van der Waals surface area contributed by atoms with Crippen molar-refractivity contribution in [1.82, 2.24) is 4.98 Å². The van der Waals surface area contributed by atoms with Crippen molar-refractivity contribution in [3.63, 3.8) is 0 Å². The van der Waals surface area contributed by atoms with Gasteiger partial charge in [-0.05, 0) is 18.7 Å². The van der Waals surface area contributed by atoms with Crippen molar-refractivity contribution in [2.75, 3.05) is 18.5 Å². The van der Waals surface area contributed by atoms with Gasteiger partial charge in [0.25, 0.3) is 0 Å². The quantitative estimate of drug-likeness (QED) is 0.881. The lowest BCUT2D eigenvalue weighted by atomic mass is 10.3. The molecule has 4 heteroatoms. The molecule has 0 amide bonds. The molecule has 2 aromatic rings. The number of anilines is 2. The molecule has 0 bridgehead atoms. The zero-order valence-corrected chi connectivity index (χ0v) is 10.1. The van der Waals surface area contributed by atoms with Crippen LogP contribution in [-0.2, 0) is 6.42 Å². The maximum absolute atomic E-state index is 5.51. The predicted octanol–water partition coefficient (Wildman–Crippen LogP) is 2.41. The van der Waals surface area contributed by atoms with Crippen molar-refractivity contribution < 1.29 is 0 Å². The van der Waals surface area contributed by atoms with E-state index in [0.717, 1.165) is 22.9 Å². The van der Waals surface area contributed by atoms with Crippen molar-refractivity contribution in [2.45, 2.75) is 6.42 Å². The maximum Gasteiger partial charge on any atom is 0.189 e. The molecule has 1 heterocycles. The Labute approximate surface area is 99.5 Å². The van der Waals surface area contributed by atoms with Gasteiger partial charge in [-0.15, -0.1) is 11.3 Å². The number of benzene rings is 1. The van der Waals surface area contributed by atoms with Crippen LogP contribution in [0.2, 0.25) is 0 Å². The first-order chi connectivity index (χ1) is 7.81. The van der Waals surface area contributed by atoms with Gasteiger partial charge >= 0.3 is 0 Å². The van der Waals surface area contributed by atoms with Crippen molar-refractivity contribution in [3.05, 3.63) is 41.4 Å². The van der Waals surface area contributed by atoms with E-state index in [1.54, 1.807) is 11.3 Å². The summed E-state index contributed by atoms with van der Waals surface area (Å²) in [5, 5.41) is 3.08. The molecule has 2 rings (SSSR count). The molecule has 0 fully saturated rings. The minimum absolute atomic E-state index is 0.651. The van der Waals surface area contributed by atoms with E-state index in [9.17, 15) is 0 Å². The second-order valence-corrected chi connectivity index (χ2v) is 4.39. The molecule has 16 heavy (non-hydrogen) atoms. The highest BCUT2D eigenvalue weighted by atomic mass is 32.1. The van der Waals surface area contributed by atoms with Crippen LogP contribution in [0.4, 0.5) is 10.8 Å². The molecule has 84 valence electrons. The van der Waals surface area contributed by atoms with Gasteiger partial charge in [-0.1, -0.05) is 18.2 Å². The number of rotatable bonds is 4. The minimum atomic E-state index is 0.651. The van der Waals surface area contributed by atoms with Gasteiger partial charge in [0.05, 0.1) is 5.69 Å². The van der Waals surface area contributed by atoms with Crippen molar-refractivity contribution in [3.8, 4) is 0 Å². The van der Waals surface area contributed by atoms with E-state index in [1.807, 2.05) is 25.2 Å². The molecule has 0 saturated heterocycles. The maximum atomic E-state index is 5.51. The minimum Gasteiger partial charge on any atom is -0.330 e. The molecule has 0 aliphatic heterocycles. The van der Waals surface area contributed by atoms with E-state index >= 15 is 0 Å². The standard InChI is InChI=1S/C12H15N3S/c1-15(11-5-3-2-4-6-11)12-14-10(7-8-13)9-16-12/h2-6,9H,7-8,13H2,1H3. The summed E-state index contributed by atoms with van der Waals surface area (Å²) in [5.74, 6) is 0. The van der Waals surface area contributed by atoms with Crippen LogP contribution >= 0.6 is 11.3 Å². The largest absolute Gasteiger partial charge is 0.330 e. The number of nitrogens with zero attached hydrogens (tertiary/aromatic N) is 2. The SMILES string of the molecule is CN(c1ccccc1)c1nc(CCN)cs1. The average Bonchev–Trinajstić information content (AvgIpc) is 2.78. The van der Waals surface area contributed by atoms with Crippen LogP contribution in [0.25, 0.3) is 0 Å². The van der Waals surface area contributed by atoms with Gasteiger partial charge in [0.2, 0.25) is 0 Å². The number of thiazole rings is 1. The smallest absolute Gasteiger partial charge is 0.189 e. The highest BCUT2D eigenvalue weighted by molar-refractivity contribution is 7.13. The summed E-state index contributed by atoms with van der Waals surface area (Å²) < 4.78 is 0. The molecular formula is C12H15N3S. The van der Waals surface area contributed by atoms with Crippen LogP contribution in [-0.4, -0.2) is 18.6 Å². The zero-order valence-electron chi connectivity index (χ0n) is 9.26. The third-order valence-corrected chi connectivity index (χ3v) is 3.34. The van der Waals surface area contributed by atoms with Crippen LogP contribution in [0, 0.1) is 0 Å². The molecule has 0 spiro atoms. The topological polar surface area (TPSA) is 42.2 Å². The highest BCUT2D eigenvalue weighted by Crippen LogP contribution is 2.26. The molecule has 2 N–H and O–H groups in total. The Morgan fingerprint density at radius 3 is 2.75 bits per heavy atom. The van der Waals surface area contributed by atoms with Gasteiger partial charge < -0.3 is 10.6 Å². The summed E-state index contributed by atoms with van der Waals surface area (Å²) >= 11 is 1.65. The lowest BCUT2D eigenvalue weighted by Gasteiger charge is -2.15. The molecule has 3 nitrogen and oxygen atoms in total. The zero-order chi connectivity index (χ0) is 11.4. The Hall–Kier alpha value is -1.39. The Morgan fingerprint density at radius 2 is 2.06 bits per heavy atom. The van der Waals surface area contributed by atoms with Crippen LogP contribution in [0.1, 0.15) is 5.69 Å². The third-order valence-electron chi connectivity index (χ3n) is 2.37. The molecule has 1 aromatic carbocycles. The normalized spacial score (nSPS) is 10.4. The number of hydrogen-bond donors (Lipinski definition) is 1. The lowest BCUT2D eigenvalue weighted by Crippen LogP contribution is -2.09. The fraction of sp³-hybridized carbons (Fsp3) is 0.250. The van der Waals surface area contributed by atoms with Crippen LogP contribution in [0.3, 0.4) is 0 Å². The summed E-state index contributed by atoms with van der Waals surface area (Å²) in [6.45, 7) is 0.651. The molecule has 1 aromatic heterocycles. The van der Waals surface area contributed by atoms with Gasteiger partial charge in [-0.3, -0.25) is 0 Å². The molecule has 0 aliphatic carbocycles. The van der Waals surface area contributed by atoms with Crippen molar-refractivity contribution in [2.24, 2.45) is 5.73 Å². The number of nitrogens with two attached hydrogens (primary N) is 1. The fourth-order valence-corrected chi connectivity index (χ4v) is 2.32. The van der Waals surface area contributed by atoms with E-state index in [4.69, 9.17) is 5.73 Å². The average molecular weight is 233 g/mol. The third kappa shape index (κ3) is 2.40. The molecule has 0 radical (unpaired) electrons. The number of aromatic nitrogens is 1. The summed E-state index contributed by atoms with van der Waals surface area (Å²) in [4.78, 5) is 6.63. The van der Waals surface area contributed by atoms with Crippen molar-refractivity contribution in [1.29, 1.82) is 0 Å². The fourth-order valence-electron chi connectivity index (χ4n) is 1.48. The van der Waals surface area contributed by atoms with Crippen LogP contribution in [0.5, 0.6) is 0 Å². The van der Waals surface area contributed by atoms with Crippen LogP contribution < -0.4 is 10.6 Å². The Morgan fingerprint density at radius 1 is 1.31 bits per heavy atom.